The zero-order chi connectivity index (χ0) is 12.3. The van der Waals surface area contributed by atoms with E-state index in [0.717, 1.165) is 37.6 Å². The lowest BCUT2D eigenvalue weighted by Crippen LogP contribution is -2.47. The molecule has 1 saturated heterocycles. The summed E-state index contributed by atoms with van der Waals surface area (Å²) >= 11 is 9.28. The number of methoxy groups -OCH3 is 1. The van der Waals surface area contributed by atoms with E-state index in [1.807, 2.05) is 18.2 Å². The van der Waals surface area contributed by atoms with Crippen molar-refractivity contribution in [3.05, 3.63) is 24.3 Å². The summed E-state index contributed by atoms with van der Waals surface area (Å²) < 4.78 is 6.06. The van der Waals surface area contributed by atoms with Gasteiger partial charge in [0.2, 0.25) is 0 Å². The van der Waals surface area contributed by atoms with Crippen LogP contribution in [0.3, 0.4) is 0 Å². The van der Waals surface area contributed by atoms with E-state index in [2.05, 4.69) is 28.5 Å². The van der Waals surface area contributed by atoms with Gasteiger partial charge in [0.05, 0.1) is 12.8 Å². The first kappa shape index (κ1) is 12.5. The molecule has 1 aromatic carbocycles. The number of nitrogens with zero attached hydrogens (tertiary/aromatic N) is 2. The number of thiocarbonyl (C=S) groups is 1. The molecule has 0 unspecified atom stereocenters. The lowest BCUT2D eigenvalue weighted by Gasteiger charge is -2.36. The summed E-state index contributed by atoms with van der Waals surface area (Å²) in [6.07, 6.45) is 0. The second kappa shape index (κ2) is 5.60. The highest BCUT2D eigenvalue weighted by atomic mass is 32.1. The van der Waals surface area contributed by atoms with Gasteiger partial charge in [-0.1, -0.05) is 24.4 Å². The highest BCUT2D eigenvalue weighted by Gasteiger charge is 2.19. The maximum absolute atomic E-state index is 5.38. The molecule has 5 heteroatoms. The van der Waals surface area contributed by atoms with Crippen LogP contribution in [0.1, 0.15) is 0 Å². The number of thiol groups is 1. The highest BCUT2D eigenvalue weighted by molar-refractivity contribution is 8.10. The van der Waals surface area contributed by atoms with E-state index in [1.165, 1.54) is 0 Å². The standard InChI is InChI=1S/C12H16N2OS2/c1-15-11-5-3-2-4-10(11)13-6-8-14(9-7-13)12(16)17/h2-5H,6-9H2,1H3,(H,16,17). The van der Waals surface area contributed by atoms with Gasteiger partial charge in [0.15, 0.2) is 0 Å². The van der Waals surface area contributed by atoms with Gasteiger partial charge in [-0.3, -0.25) is 0 Å². The molecule has 3 nitrogen and oxygen atoms in total. The number of hydrogen-bond acceptors (Lipinski definition) is 3. The van der Waals surface area contributed by atoms with E-state index < -0.39 is 0 Å². The third kappa shape index (κ3) is 2.84. The van der Waals surface area contributed by atoms with Crippen LogP contribution < -0.4 is 9.64 Å². The predicted octanol–water partition coefficient (Wildman–Crippen LogP) is 2.03. The number of hydrogen-bond donors (Lipinski definition) is 1. The Labute approximate surface area is 113 Å². The first-order valence-electron chi connectivity index (χ1n) is 5.58. The molecule has 17 heavy (non-hydrogen) atoms. The molecule has 0 amide bonds. The van der Waals surface area contributed by atoms with Crippen LogP contribution in [0.5, 0.6) is 5.75 Å². The summed E-state index contributed by atoms with van der Waals surface area (Å²) in [4.78, 5) is 4.44. The molecule has 1 heterocycles. The maximum Gasteiger partial charge on any atom is 0.142 e. The molecule has 1 aliphatic rings. The summed E-state index contributed by atoms with van der Waals surface area (Å²) in [7, 11) is 1.71. The van der Waals surface area contributed by atoms with Gasteiger partial charge in [-0.05, 0) is 12.1 Å². The fraction of sp³-hybridized carbons (Fsp3) is 0.417. The molecule has 92 valence electrons. The van der Waals surface area contributed by atoms with Crippen molar-refractivity contribution in [2.45, 2.75) is 0 Å². The van der Waals surface area contributed by atoms with Crippen molar-refractivity contribution in [3.8, 4) is 5.75 Å². The Morgan fingerprint density at radius 2 is 1.88 bits per heavy atom. The van der Waals surface area contributed by atoms with Crippen molar-refractivity contribution in [2.24, 2.45) is 0 Å². The van der Waals surface area contributed by atoms with Crippen LogP contribution in [0.15, 0.2) is 24.3 Å². The number of para-hydroxylation sites is 2. The second-order valence-corrected chi connectivity index (χ2v) is 5.04. The van der Waals surface area contributed by atoms with Gasteiger partial charge in [0.25, 0.3) is 0 Å². The summed E-state index contributed by atoms with van der Waals surface area (Å²) in [5.41, 5.74) is 1.15. The van der Waals surface area contributed by atoms with Crippen LogP contribution in [0.4, 0.5) is 5.69 Å². The third-order valence-electron chi connectivity index (χ3n) is 2.98. The molecule has 0 radical (unpaired) electrons. The first-order valence-corrected chi connectivity index (χ1v) is 6.44. The molecule has 0 bridgehead atoms. The Morgan fingerprint density at radius 3 is 2.47 bits per heavy atom. The maximum atomic E-state index is 5.38. The van der Waals surface area contributed by atoms with E-state index in [4.69, 9.17) is 17.0 Å². The smallest absolute Gasteiger partial charge is 0.142 e. The summed E-state index contributed by atoms with van der Waals surface area (Å²) in [6.45, 7) is 3.73. The molecule has 2 rings (SSSR count). The van der Waals surface area contributed by atoms with Crippen molar-refractivity contribution in [1.29, 1.82) is 0 Å². The first-order chi connectivity index (χ1) is 8.22. The van der Waals surface area contributed by atoms with Crippen molar-refractivity contribution in [2.75, 3.05) is 38.2 Å². The summed E-state index contributed by atoms with van der Waals surface area (Å²) in [5.74, 6) is 0.925. The molecular weight excluding hydrogens is 252 g/mol. The second-order valence-electron chi connectivity index (χ2n) is 3.93. The predicted molar refractivity (Wildman–Crippen MR) is 78.4 cm³/mol. The van der Waals surface area contributed by atoms with E-state index in [0.29, 0.717) is 4.32 Å². The average molecular weight is 268 g/mol. The Balaban J connectivity index is 2.07. The van der Waals surface area contributed by atoms with E-state index in [-0.39, 0.29) is 0 Å². The third-order valence-corrected chi connectivity index (χ3v) is 3.52. The van der Waals surface area contributed by atoms with Crippen molar-refractivity contribution < 1.29 is 4.74 Å². The van der Waals surface area contributed by atoms with E-state index >= 15 is 0 Å². The Bertz CT molecular complexity index is 403. The fourth-order valence-electron chi connectivity index (χ4n) is 2.03. The van der Waals surface area contributed by atoms with Gasteiger partial charge in [0.1, 0.15) is 10.1 Å². The van der Waals surface area contributed by atoms with Gasteiger partial charge in [-0.2, -0.15) is 0 Å². The van der Waals surface area contributed by atoms with E-state index in [9.17, 15) is 0 Å². The van der Waals surface area contributed by atoms with Crippen molar-refractivity contribution in [3.63, 3.8) is 0 Å². The topological polar surface area (TPSA) is 15.7 Å². The Morgan fingerprint density at radius 1 is 1.24 bits per heavy atom. The summed E-state index contributed by atoms with van der Waals surface area (Å²) in [6, 6.07) is 8.10. The van der Waals surface area contributed by atoms with Crippen LogP contribution in [0, 0.1) is 0 Å². The molecule has 1 fully saturated rings. The van der Waals surface area contributed by atoms with Crippen LogP contribution in [0.2, 0.25) is 0 Å². The zero-order valence-electron chi connectivity index (χ0n) is 9.80. The minimum atomic E-state index is 0.685. The minimum Gasteiger partial charge on any atom is -0.495 e. The highest BCUT2D eigenvalue weighted by Crippen LogP contribution is 2.28. The molecule has 0 aromatic heterocycles. The Kier molecular flexibility index (Phi) is 4.12. The van der Waals surface area contributed by atoms with Crippen LogP contribution in [-0.4, -0.2) is 42.5 Å². The SMILES string of the molecule is COc1ccccc1N1CCN(C(=S)S)CC1. The molecule has 0 aliphatic carbocycles. The van der Waals surface area contributed by atoms with Gasteiger partial charge in [0, 0.05) is 26.2 Å². The quantitative estimate of drug-likeness (QED) is 0.652. The van der Waals surface area contributed by atoms with Gasteiger partial charge < -0.3 is 14.5 Å². The van der Waals surface area contributed by atoms with Crippen molar-refractivity contribution >= 4 is 34.9 Å². The molecule has 0 N–H and O–H groups in total. The number of benzene rings is 1. The molecule has 0 saturated carbocycles. The average Bonchev–Trinajstić information content (AvgIpc) is 2.39. The normalized spacial score (nSPS) is 15.9. The fourth-order valence-corrected chi connectivity index (χ4v) is 2.41. The molecular formula is C12H16N2OS2. The lowest BCUT2D eigenvalue weighted by atomic mass is 10.2. The molecule has 0 atom stereocenters. The summed E-state index contributed by atoms with van der Waals surface area (Å²) in [5, 5.41) is 0. The van der Waals surface area contributed by atoms with Gasteiger partial charge in [-0.15, -0.1) is 12.6 Å². The van der Waals surface area contributed by atoms with Crippen LogP contribution >= 0.6 is 24.8 Å². The minimum absolute atomic E-state index is 0.685. The lowest BCUT2D eigenvalue weighted by molar-refractivity contribution is 0.387. The van der Waals surface area contributed by atoms with Gasteiger partial charge >= 0.3 is 0 Å². The van der Waals surface area contributed by atoms with Crippen LogP contribution in [-0.2, 0) is 0 Å². The largest absolute Gasteiger partial charge is 0.495 e. The number of rotatable bonds is 2. The molecule has 0 spiro atoms. The van der Waals surface area contributed by atoms with Gasteiger partial charge in [-0.25, -0.2) is 0 Å². The number of anilines is 1. The van der Waals surface area contributed by atoms with Crippen LogP contribution in [0.25, 0.3) is 0 Å². The van der Waals surface area contributed by atoms with E-state index in [1.54, 1.807) is 7.11 Å². The van der Waals surface area contributed by atoms with Crippen molar-refractivity contribution in [1.82, 2.24) is 4.90 Å². The number of ether oxygens (including phenoxy) is 1. The Hall–Kier alpha value is -0.940. The monoisotopic (exact) mass is 268 g/mol. The molecule has 1 aliphatic heterocycles. The number of piperazine rings is 1. The molecule has 1 aromatic rings. The zero-order valence-corrected chi connectivity index (χ0v) is 11.5.